The van der Waals surface area contributed by atoms with Gasteiger partial charge in [-0.3, -0.25) is 4.79 Å². The SMILES string of the molecule is CCC1(C(=O)Nc2ccc(Br)c(C(F)(F)F)c2)CCCN1. The predicted molar refractivity (Wildman–Crippen MR) is 78.0 cm³/mol. The Labute approximate surface area is 129 Å². The van der Waals surface area contributed by atoms with Crippen molar-refractivity contribution in [1.82, 2.24) is 5.32 Å². The van der Waals surface area contributed by atoms with Crippen molar-refractivity contribution in [3.05, 3.63) is 28.2 Å². The Bertz CT molecular complexity index is 540. The number of halogens is 4. The highest BCUT2D eigenvalue weighted by Crippen LogP contribution is 2.36. The van der Waals surface area contributed by atoms with Crippen LogP contribution in [0.2, 0.25) is 0 Å². The molecule has 2 N–H and O–H groups in total. The second-order valence-corrected chi connectivity index (χ2v) is 5.97. The first-order valence-electron chi connectivity index (χ1n) is 6.72. The van der Waals surface area contributed by atoms with Crippen molar-refractivity contribution in [1.29, 1.82) is 0 Å². The third-order valence-corrected chi connectivity index (χ3v) is 4.50. The molecule has 1 aromatic rings. The largest absolute Gasteiger partial charge is 0.417 e. The van der Waals surface area contributed by atoms with Crippen LogP contribution in [-0.2, 0) is 11.0 Å². The quantitative estimate of drug-likeness (QED) is 0.852. The van der Waals surface area contributed by atoms with Crippen LogP contribution < -0.4 is 10.6 Å². The van der Waals surface area contributed by atoms with Gasteiger partial charge in [-0.2, -0.15) is 13.2 Å². The molecule has 2 rings (SSSR count). The maximum absolute atomic E-state index is 12.9. The molecular formula is C14H16BrF3N2O. The van der Waals surface area contributed by atoms with E-state index in [9.17, 15) is 18.0 Å². The molecule has 1 aromatic carbocycles. The minimum Gasteiger partial charge on any atom is -0.324 e. The molecule has 0 aromatic heterocycles. The summed E-state index contributed by atoms with van der Waals surface area (Å²) in [6.07, 6.45) is -2.29. The van der Waals surface area contributed by atoms with Crippen LogP contribution in [0.25, 0.3) is 0 Å². The number of hydrogen-bond donors (Lipinski definition) is 2. The van der Waals surface area contributed by atoms with E-state index >= 15 is 0 Å². The fourth-order valence-electron chi connectivity index (χ4n) is 2.53. The van der Waals surface area contributed by atoms with E-state index in [1.54, 1.807) is 0 Å². The van der Waals surface area contributed by atoms with Crippen LogP contribution >= 0.6 is 15.9 Å². The minimum absolute atomic E-state index is 0.0443. The van der Waals surface area contributed by atoms with Gasteiger partial charge in [0.05, 0.1) is 11.1 Å². The maximum Gasteiger partial charge on any atom is 0.417 e. The molecular weight excluding hydrogens is 349 g/mol. The zero-order valence-electron chi connectivity index (χ0n) is 11.5. The fraction of sp³-hybridized carbons (Fsp3) is 0.500. The number of nitrogens with one attached hydrogen (secondary N) is 2. The van der Waals surface area contributed by atoms with Gasteiger partial charge in [-0.15, -0.1) is 0 Å². The van der Waals surface area contributed by atoms with Crippen LogP contribution in [0.4, 0.5) is 18.9 Å². The van der Waals surface area contributed by atoms with Gasteiger partial charge < -0.3 is 10.6 Å². The van der Waals surface area contributed by atoms with E-state index in [1.165, 1.54) is 12.1 Å². The van der Waals surface area contributed by atoms with E-state index in [2.05, 4.69) is 26.6 Å². The Kier molecular flexibility index (Phi) is 4.63. The number of benzene rings is 1. The van der Waals surface area contributed by atoms with Gasteiger partial charge >= 0.3 is 6.18 Å². The maximum atomic E-state index is 12.9. The van der Waals surface area contributed by atoms with Crippen LogP contribution in [0.15, 0.2) is 22.7 Å². The van der Waals surface area contributed by atoms with Crippen molar-refractivity contribution in [2.45, 2.75) is 37.9 Å². The summed E-state index contributed by atoms with van der Waals surface area (Å²) in [7, 11) is 0. The molecule has 1 unspecified atom stereocenters. The van der Waals surface area contributed by atoms with E-state index in [1.807, 2.05) is 6.92 Å². The van der Waals surface area contributed by atoms with Gasteiger partial charge in [-0.05, 0) is 44.0 Å². The molecule has 1 aliphatic rings. The number of carbonyl (C=O) groups is 1. The normalized spacial score (nSPS) is 22.3. The molecule has 1 aliphatic heterocycles. The number of anilines is 1. The molecule has 0 radical (unpaired) electrons. The van der Waals surface area contributed by atoms with Crippen LogP contribution in [0.5, 0.6) is 0 Å². The average molecular weight is 365 g/mol. The Morgan fingerprint density at radius 2 is 2.19 bits per heavy atom. The number of amides is 1. The molecule has 1 saturated heterocycles. The summed E-state index contributed by atoms with van der Waals surface area (Å²) < 4.78 is 38.5. The lowest BCUT2D eigenvalue weighted by atomic mass is 9.93. The van der Waals surface area contributed by atoms with E-state index in [0.717, 1.165) is 19.0 Å². The van der Waals surface area contributed by atoms with Gasteiger partial charge in [-0.25, -0.2) is 0 Å². The van der Waals surface area contributed by atoms with Crippen LogP contribution in [0.1, 0.15) is 31.7 Å². The summed E-state index contributed by atoms with van der Waals surface area (Å²) in [5, 5.41) is 5.75. The summed E-state index contributed by atoms with van der Waals surface area (Å²) in [4.78, 5) is 12.3. The van der Waals surface area contributed by atoms with Crippen molar-refractivity contribution < 1.29 is 18.0 Å². The number of hydrogen-bond acceptors (Lipinski definition) is 2. The number of rotatable bonds is 3. The summed E-state index contributed by atoms with van der Waals surface area (Å²) in [6.45, 7) is 2.63. The molecule has 1 amide bonds. The first kappa shape index (κ1) is 16.3. The lowest BCUT2D eigenvalue weighted by Gasteiger charge is -2.26. The Morgan fingerprint density at radius 1 is 1.48 bits per heavy atom. The molecule has 116 valence electrons. The topological polar surface area (TPSA) is 41.1 Å². The van der Waals surface area contributed by atoms with Crippen molar-refractivity contribution >= 4 is 27.5 Å². The fourth-order valence-corrected chi connectivity index (χ4v) is 3.00. The van der Waals surface area contributed by atoms with Crippen LogP contribution in [-0.4, -0.2) is 18.0 Å². The number of carbonyl (C=O) groups excluding carboxylic acids is 1. The molecule has 0 spiro atoms. The second kappa shape index (κ2) is 5.96. The lowest BCUT2D eigenvalue weighted by Crippen LogP contribution is -2.50. The summed E-state index contributed by atoms with van der Waals surface area (Å²) >= 11 is 2.88. The highest BCUT2D eigenvalue weighted by molar-refractivity contribution is 9.10. The van der Waals surface area contributed by atoms with Crippen molar-refractivity contribution in [2.24, 2.45) is 0 Å². The Hall–Kier alpha value is -1.08. The molecule has 1 fully saturated rings. The summed E-state index contributed by atoms with van der Waals surface area (Å²) in [5.41, 5.74) is -1.33. The van der Waals surface area contributed by atoms with Crippen LogP contribution in [0.3, 0.4) is 0 Å². The van der Waals surface area contributed by atoms with Gasteiger partial charge in [-0.1, -0.05) is 22.9 Å². The van der Waals surface area contributed by atoms with Gasteiger partial charge in [0.2, 0.25) is 5.91 Å². The standard InChI is InChI=1S/C14H16BrF3N2O/c1-2-13(6-3-7-19-13)12(21)20-9-4-5-11(15)10(8-9)14(16,17)18/h4-5,8,19H,2-3,6-7H2,1H3,(H,20,21). The molecule has 1 atom stereocenters. The first-order chi connectivity index (χ1) is 9.78. The third-order valence-electron chi connectivity index (χ3n) is 3.81. The van der Waals surface area contributed by atoms with E-state index < -0.39 is 17.3 Å². The van der Waals surface area contributed by atoms with Gasteiger partial charge in [0, 0.05) is 10.2 Å². The smallest absolute Gasteiger partial charge is 0.324 e. The lowest BCUT2D eigenvalue weighted by molar-refractivity contribution is -0.138. The average Bonchev–Trinajstić information content (AvgIpc) is 2.89. The number of alkyl halides is 3. The monoisotopic (exact) mass is 364 g/mol. The molecule has 0 aliphatic carbocycles. The first-order valence-corrected chi connectivity index (χ1v) is 7.51. The van der Waals surface area contributed by atoms with Crippen molar-refractivity contribution in [3.63, 3.8) is 0 Å². The molecule has 0 saturated carbocycles. The predicted octanol–water partition coefficient (Wildman–Crippen LogP) is 3.94. The zero-order chi connectivity index (χ0) is 15.7. The van der Waals surface area contributed by atoms with Crippen molar-refractivity contribution in [2.75, 3.05) is 11.9 Å². The van der Waals surface area contributed by atoms with Gasteiger partial charge in [0.25, 0.3) is 0 Å². The molecule has 0 bridgehead atoms. The van der Waals surface area contributed by atoms with E-state index in [-0.39, 0.29) is 16.1 Å². The van der Waals surface area contributed by atoms with E-state index in [0.29, 0.717) is 12.8 Å². The van der Waals surface area contributed by atoms with Crippen LogP contribution in [0, 0.1) is 0 Å². The van der Waals surface area contributed by atoms with E-state index in [4.69, 9.17) is 0 Å². The Balaban J connectivity index is 2.22. The summed E-state index contributed by atoms with van der Waals surface area (Å²) in [5.74, 6) is -0.280. The van der Waals surface area contributed by atoms with Gasteiger partial charge in [0.15, 0.2) is 0 Å². The minimum atomic E-state index is -4.46. The molecule has 1 heterocycles. The zero-order valence-corrected chi connectivity index (χ0v) is 13.1. The highest BCUT2D eigenvalue weighted by Gasteiger charge is 2.39. The van der Waals surface area contributed by atoms with Gasteiger partial charge in [0.1, 0.15) is 0 Å². The molecule has 7 heteroatoms. The molecule has 3 nitrogen and oxygen atoms in total. The second-order valence-electron chi connectivity index (χ2n) is 5.11. The third kappa shape index (κ3) is 3.40. The highest BCUT2D eigenvalue weighted by atomic mass is 79.9. The Morgan fingerprint density at radius 3 is 2.71 bits per heavy atom. The van der Waals surface area contributed by atoms with Crippen molar-refractivity contribution in [3.8, 4) is 0 Å². The molecule has 21 heavy (non-hydrogen) atoms. The summed E-state index contributed by atoms with van der Waals surface area (Å²) in [6, 6.07) is 3.69.